The van der Waals surface area contributed by atoms with Crippen LogP contribution in [0.2, 0.25) is 0 Å². The van der Waals surface area contributed by atoms with Crippen molar-refractivity contribution < 1.29 is 18.7 Å². The molecule has 1 amide bonds. The Morgan fingerprint density at radius 2 is 1.93 bits per heavy atom. The molecule has 1 atom stereocenters. The van der Waals surface area contributed by atoms with Gasteiger partial charge in [0.25, 0.3) is 5.91 Å². The summed E-state index contributed by atoms with van der Waals surface area (Å²) in [7, 11) is 0. The number of morpholine rings is 1. The van der Waals surface area contributed by atoms with Gasteiger partial charge in [-0.25, -0.2) is 0 Å². The van der Waals surface area contributed by atoms with Gasteiger partial charge < -0.3 is 19.2 Å². The van der Waals surface area contributed by atoms with E-state index >= 15 is 0 Å². The van der Waals surface area contributed by atoms with Crippen molar-refractivity contribution in [2.45, 2.75) is 26.5 Å². The minimum absolute atomic E-state index is 0.203. The molecular formula is C21H28N2O4. The summed E-state index contributed by atoms with van der Waals surface area (Å²) in [4.78, 5) is 15.0. The number of hydrogen-bond donors (Lipinski definition) is 1. The fourth-order valence-electron chi connectivity index (χ4n) is 3.30. The van der Waals surface area contributed by atoms with Crippen LogP contribution in [0.15, 0.2) is 47.1 Å². The number of carbonyl (C=O) groups excluding carboxylic acids is 1. The Morgan fingerprint density at radius 1 is 1.19 bits per heavy atom. The summed E-state index contributed by atoms with van der Waals surface area (Å²) in [5.41, 5.74) is 0.740. The summed E-state index contributed by atoms with van der Waals surface area (Å²) in [6.45, 7) is 8.52. The predicted octanol–water partition coefficient (Wildman–Crippen LogP) is 2.95. The molecule has 1 aliphatic rings. The fraction of sp³-hybridized carbons (Fsp3) is 0.476. The molecule has 0 spiro atoms. The number of nitrogens with zero attached hydrogens (tertiary/aromatic N) is 1. The van der Waals surface area contributed by atoms with Crippen LogP contribution in [0, 0.1) is 5.92 Å². The summed E-state index contributed by atoms with van der Waals surface area (Å²) in [6, 6.07) is 11.6. The molecule has 2 aromatic rings. The van der Waals surface area contributed by atoms with Crippen LogP contribution in [-0.2, 0) is 11.3 Å². The fourth-order valence-corrected chi connectivity index (χ4v) is 3.30. The van der Waals surface area contributed by atoms with Crippen molar-refractivity contribution in [2.75, 3.05) is 32.8 Å². The molecule has 6 heteroatoms. The third-order valence-electron chi connectivity index (χ3n) is 4.85. The molecule has 0 radical (unpaired) electrons. The average Bonchev–Trinajstić information content (AvgIpc) is 3.16. The first kappa shape index (κ1) is 19.5. The van der Waals surface area contributed by atoms with Crippen LogP contribution in [0.25, 0.3) is 0 Å². The molecule has 1 unspecified atom stereocenters. The molecule has 146 valence electrons. The normalized spacial score (nSPS) is 16.3. The third kappa shape index (κ3) is 5.34. The molecule has 6 nitrogen and oxygen atoms in total. The molecule has 0 aliphatic carbocycles. The number of ether oxygens (including phenoxy) is 2. The highest BCUT2D eigenvalue weighted by atomic mass is 16.5. The van der Waals surface area contributed by atoms with E-state index in [1.165, 1.54) is 6.26 Å². The summed E-state index contributed by atoms with van der Waals surface area (Å²) in [5.74, 6) is 1.30. The van der Waals surface area contributed by atoms with Gasteiger partial charge in [0.2, 0.25) is 0 Å². The predicted molar refractivity (Wildman–Crippen MR) is 103 cm³/mol. The molecule has 1 aromatic heterocycles. The van der Waals surface area contributed by atoms with Crippen molar-refractivity contribution in [1.29, 1.82) is 0 Å². The number of hydrogen-bond acceptors (Lipinski definition) is 5. The van der Waals surface area contributed by atoms with E-state index in [-0.39, 0.29) is 11.9 Å². The van der Waals surface area contributed by atoms with Crippen LogP contribution >= 0.6 is 0 Å². The maximum atomic E-state index is 12.6. The maximum absolute atomic E-state index is 12.6. The Morgan fingerprint density at radius 3 is 2.63 bits per heavy atom. The van der Waals surface area contributed by atoms with Crippen molar-refractivity contribution in [3.63, 3.8) is 0 Å². The van der Waals surface area contributed by atoms with Gasteiger partial charge in [-0.2, -0.15) is 0 Å². The molecule has 27 heavy (non-hydrogen) atoms. The summed E-state index contributed by atoms with van der Waals surface area (Å²) in [6.07, 6.45) is 1.53. The number of para-hydroxylation sites is 1. The van der Waals surface area contributed by atoms with Gasteiger partial charge in [0.1, 0.15) is 12.4 Å². The Labute approximate surface area is 160 Å². The molecule has 1 aromatic carbocycles. The van der Waals surface area contributed by atoms with E-state index in [2.05, 4.69) is 24.1 Å². The number of rotatable bonds is 8. The minimum Gasteiger partial charge on any atom is -0.489 e. The lowest BCUT2D eigenvalue weighted by Crippen LogP contribution is -2.51. The number of carbonyl (C=O) groups is 1. The lowest BCUT2D eigenvalue weighted by atomic mass is 10.0. The smallest absolute Gasteiger partial charge is 0.287 e. The highest BCUT2D eigenvalue weighted by Crippen LogP contribution is 2.17. The van der Waals surface area contributed by atoms with Crippen LogP contribution in [0.3, 0.4) is 0 Å². The van der Waals surface area contributed by atoms with Crippen LogP contribution in [-0.4, -0.2) is 49.7 Å². The minimum atomic E-state index is -0.203. The number of nitrogens with one attached hydrogen (secondary N) is 1. The second-order valence-electron chi connectivity index (χ2n) is 7.05. The summed E-state index contributed by atoms with van der Waals surface area (Å²) in [5, 5.41) is 3.03. The largest absolute Gasteiger partial charge is 0.489 e. The first-order chi connectivity index (χ1) is 13.1. The van der Waals surface area contributed by atoms with Gasteiger partial charge in [-0.15, -0.1) is 0 Å². The summed E-state index contributed by atoms with van der Waals surface area (Å²) >= 11 is 0. The number of furan rings is 1. The molecule has 1 aliphatic heterocycles. The van der Waals surface area contributed by atoms with E-state index < -0.39 is 0 Å². The molecule has 0 saturated carbocycles. The van der Waals surface area contributed by atoms with Gasteiger partial charge in [0.05, 0.1) is 19.5 Å². The molecule has 1 N–H and O–H groups in total. The van der Waals surface area contributed by atoms with Gasteiger partial charge >= 0.3 is 0 Å². The Balaban J connectivity index is 1.56. The second kappa shape index (κ2) is 9.58. The summed E-state index contributed by atoms with van der Waals surface area (Å²) < 4.78 is 16.6. The first-order valence-corrected chi connectivity index (χ1v) is 9.49. The Bertz CT molecular complexity index is 708. The van der Waals surface area contributed by atoms with E-state index in [4.69, 9.17) is 13.9 Å². The van der Waals surface area contributed by atoms with Crippen molar-refractivity contribution in [3.8, 4) is 5.75 Å². The van der Waals surface area contributed by atoms with Crippen LogP contribution in [0.5, 0.6) is 5.75 Å². The van der Waals surface area contributed by atoms with E-state index in [1.807, 2.05) is 30.3 Å². The topological polar surface area (TPSA) is 63.9 Å². The zero-order chi connectivity index (χ0) is 19.1. The lowest BCUT2D eigenvalue weighted by molar-refractivity contribution is 0.00665. The molecule has 1 saturated heterocycles. The van der Waals surface area contributed by atoms with E-state index in [1.54, 1.807) is 6.07 Å². The second-order valence-corrected chi connectivity index (χ2v) is 7.05. The maximum Gasteiger partial charge on any atom is 0.287 e. The average molecular weight is 372 g/mol. The Hall–Kier alpha value is -2.31. The third-order valence-corrected chi connectivity index (χ3v) is 4.85. The SMILES string of the molecule is CC(C)C(CNC(=O)c1occc1COc1ccccc1)N1CCOCC1. The highest BCUT2D eigenvalue weighted by molar-refractivity contribution is 5.92. The molecule has 1 fully saturated rings. The van der Waals surface area contributed by atoms with Gasteiger partial charge in [0.15, 0.2) is 5.76 Å². The van der Waals surface area contributed by atoms with Crippen molar-refractivity contribution >= 4 is 5.91 Å². The van der Waals surface area contributed by atoms with Crippen LogP contribution in [0.4, 0.5) is 0 Å². The van der Waals surface area contributed by atoms with Crippen molar-refractivity contribution in [2.24, 2.45) is 5.92 Å². The van der Waals surface area contributed by atoms with Gasteiger partial charge in [-0.3, -0.25) is 9.69 Å². The first-order valence-electron chi connectivity index (χ1n) is 9.49. The number of benzene rings is 1. The van der Waals surface area contributed by atoms with E-state index in [0.29, 0.717) is 24.8 Å². The Kier molecular flexibility index (Phi) is 6.90. The molecule has 2 heterocycles. The van der Waals surface area contributed by atoms with E-state index in [0.717, 1.165) is 37.6 Å². The molecular weight excluding hydrogens is 344 g/mol. The van der Waals surface area contributed by atoms with Crippen LogP contribution in [0.1, 0.15) is 30.0 Å². The van der Waals surface area contributed by atoms with Crippen molar-refractivity contribution in [3.05, 3.63) is 54.0 Å². The van der Waals surface area contributed by atoms with Crippen molar-refractivity contribution in [1.82, 2.24) is 10.2 Å². The quantitative estimate of drug-likeness (QED) is 0.772. The lowest BCUT2D eigenvalue weighted by Gasteiger charge is -2.36. The van der Waals surface area contributed by atoms with Gasteiger partial charge in [-0.1, -0.05) is 32.0 Å². The highest BCUT2D eigenvalue weighted by Gasteiger charge is 2.25. The van der Waals surface area contributed by atoms with Gasteiger partial charge in [-0.05, 0) is 24.1 Å². The monoisotopic (exact) mass is 372 g/mol. The van der Waals surface area contributed by atoms with Crippen LogP contribution < -0.4 is 10.1 Å². The molecule has 3 rings (SSSR count). The number of amides is 1. The zero-order valence-electron chi connectivity index (χ0n) is 16.0. The standard InChI is InChI=1S/C21H28N2O4/c1-16(2)19(23-9-12-25-13-10-23)14-22-21(24)20-17(8-11-26-20)15-27-18-6-4-3-5-7-18/h3-8,11,16,19H,9-10,12-15H2,1-2H3,(H,22,24). The zero-order valence-corrected chi connectivity index (χ0v) is 16.0. The molecule has 0 bridgehead atoms. The van der Waals surface area contributed by atoms with E-state index in [9.17, 15) is 4.79 Å². The van der Waals surface area contributed by atoms with Gasteiger partial charge in [0, 0.05) is 31.2 Å².